The van der Waals surface area contributed by atoms with Crippen LogP contribution in [0.25, 0.3) is 10.9 Å². The van der Waals surface area contributed by atoms with Gasteiger partial charge in [-0.05, 0) is 36.8 Å². The van der Waals surface area contributed by atoms with Crippen LogP contribution in [0, 0.1) is 6.92 Å². The van der Waals surface area contributed by atoms with Crippen molar-refractivity contribution in [3.05, 3.63) is 63.9 Å². The van der Waals surface area contributed by atoms with Gasteiger partial charge in [0, 0.05) is 14.1 Å². The van der Waals surface area contributed by atoms with Crippen LogP contribution in [0.4, 0.5) is 0 Å². The van der Waals surface area contributed by atoms with Crippen LogP contribution < -0.4 is 5.56 Å². The molecule has 0 amide bonds. The zero-order chi connectivity index (χ0) is 20.5. The summed E-state index contributed by atoms with van der Waals surface area (Å²) in [7, 11) is -0.898. The van der Waals surface area contributed by atoms with Gasteiger partial charge in [0.25, 0.3) is 5.56 Å². The maximum atomic E-state index is 12.5. The largest absolute Gasteiger partial charge is 0.439 e. The SMILES string of the molecule is Cc1ccc(S(=O)(=O)N(C)C)cc1C(=O)OCn1nnc2ccccc2c1=O. The molecule has 0 radical (unpaired) electrons. The van der Waals surface area contributed by atoms with Gasteiger partial charge in [0.2, 0.25) is 10.0 Å². The number of rotatable bonds is 5. The van der Waals surface area contributed by atoms with E-state index in [2.05, 4.69) is 10.3 Å². The fourth-order valence-electron chi connectivity index (χ4n) is 2.50. The number of ether oxygens (including phenoxy) is 1. The average molecular weight is 402 g/mol. The highest BCUT2D eigenvalue weighted by Crippen LogP contribution is 2.19. The molecule has 0 saturated carbocycles. The minimum Gasteiger partial charge on any atom is -0.439 e. The Kier molecular flexibility index (Phi) is 5.25. The predicted molar refractivity (Wildman–Crippen MR) is 101 cm³/mol. The second-order valence-corrected chi connectivity index (χ2v) is 8.39. The molecule has 0 aliphatic rings. The molecule has 146 valence electrons. The van der Waals surface area contributed by atoms with E-state index in [-0.39, 0.29) is 10.5 Å². The Balaban J connectivity index is 1.86. The van der Waals surface area contributed by atoms with E-state index in [0.717, 1.165) is 8.99 Å². The predicted octanol–water partition coefficient (Wildman–Crippen LogP) is 1.16. The zero-order valence-corrected chi connectivity index (χ0v) is 16.3. The van der Waals surface area contributed by atoms with E-state index in [0.29, 0.717) is 16.5 Å². The molecule has 0 atom stereocenters. The summed E-state index contributed by atoms with van der Waals surface area (Å²) >= 11 is 0. The molecular formula is C18H18N4O5S. The zero-order valence-electron chi connectivity index (χ0n) is 15.5. The molecule has 0 unspecified atom stereocenters. The van der Waals surface area contributed by atoms with Gasteiger partial charge in [-0.2, -0.15) is 4.68 Å². The number of aryl methyl sites for hydroxylation is 1. The molecule has 0 aliphatic heterocycles. The Morgan fingerprint density at radius 2 is 1.89 bits per heavy atom. The van der Waals surface area contributed by atoms with Gasteiger partial charge in [0.1, 0.15) is 5.52 Å². The maximum absolute atomic E-state index is 12.5. The summed E-state index contributed by atoms with van der Waals surface area (Å²) in [6.07, 6.45) is 0. The van der Waals surface area contributed by atoms with Gasteiger partial charge in [-0.25, -0.2) is 17.5 Å². The molecule has 0 saturated heterocycles. The summed E-state index contributed by atoms with van der Waals surface area (Å²) in [5, 5.41) is 8.01. The molecule has 0 fully saturated rings. The first-order valence-electron chi connectivity index (χ1n) is 8.24. The third kappa shape index (κ3) is 3.64. The first-order valence-corrected chi connectivity index (χ1v) is 9.68. The van der Waals surface area contributed by atoms with Crippen molar-refractivity contribution in [1.29, 1.82) is 0 Å². The van der Waals surface area contributed by atoms with E-state index in [9.17, 15) is 18.0 Å². The van der Waals surface area contributed by atoms with E-state index in [1.54, 1.807) is 31.2 Å². The molecule has 0 spiro atoms. The van der Waals surface area contributed by atoms with Gasteiger partial charge in [-0.1, -0.05) is 23.4 Å². The van der Waals surface area contributed by atoms with Crippen molar-refractivity contribution in [3.8, 4) is 0 Å². The number of benzene rings is 2. The number of fused-ring (bicyclic) bond motifs is 1. The van der Waals surface area contributed by atoms with E-state index in [1.807, 2.05) is 0 Å². The molecular weight excluding hydrogens is 384 g/mol. The summed E-state index contributed by atoms with van der Waals surface area (Å²) in [5.41, 5.74) is 0.621. The molecule has 0 aliphatic carbocycles. The van der Waals surface area contributed by atoms with Crippen LogP contribution in [-0.4, -0.2) is 47.8 Å². The van der Waals surface area contributed by atoms with Crippen molar-refractivity contribution < 1.29 is 17.9 Å². The first-order chi connectivity index (χ1) is 13.2. The second kappa shape index (κ2) is 7.49. The lowest BCUT2D eigenvalue weighted by Crippen LogP contribution is -2.27. The summed E-state index contributed by atoms with van der Waals surface area (Å²) in [4.78, 5) is 24.8. The number of esters is 1. The Bertz CT molecular complexity index is 1220. The Morgan fingerprint density at radius 1 is 1.18 bits per heavy atom. The lowest BCUT2D eigenvalue weighted by molar-refractivity contribution is 0.0335. The lowest BCUT2D eigenvalue weighted by atomic mass is 10.1. The molecule has 1 heterocycles. The van der Waals surface area contributed by atoms with Crippen LogP contribution in [0.5, 0.6) is 0 Å². The highest BCUT2D eigenvalue weighted by atomic mass is 32.2. The Labute approximate surface area is 161 Å². The van der Waals surface area contributed by atoms with Crippen LogP contribution >= 0.6 is 0 Å². The standard InChI is InChI=1S/C18H18N4O5S/c1-12-8-9-13(28(25,26)21(2)3)10-15(12)18(24)27-11-22-17(23)14-6-4-5-7-16(14)19-20-22/h4-10H,11H2,1-3H3. The minimum absolute atomic E-state index is 0.0299. The van der Waals surface area contributed by atoms with Crippen LogP contribution in [-0.2, 0) is 21.5 Å². The van der Waals surface area contributed by atoms with Gasteiger partial charge < -0.3 is 4.74 Å². The molecule has 10 heteroatoms. The Morgan fingerprint density at radius 3 is 2.61 bits per heavy atom. The normalized spacial score (nSPS) is 11.7. The molecule has 0 bridgehead atoms. The van der Waals surface area contributed by atoms with Crippen LogP contribution in [0.3, 0.4) is 0 Å². The number of sulfonamides is 1. The number of carbonyl (C=O) groups is 1. The molecule has 1 aromatic heterocycles. The quantitative estimate of drug-likeness (QED) is 0.589. The number of aromatic nitrogens is 3. The van der Waals surface area contributed by atoms with Crippen molar-refractivity contribution >= 4 is 26.9 Å². The van der Waals surface area contributed by atoms with Crippen molar-refractivity contribution in [2.75, 3.05) is 14.1 Å². The Hall–Kier alpha value is -3.11. The monoisotopic (exact) mass is 402 g/mol. The summed E-state index contributed by atoms with van der Waals surface area (Å²) in [6.45, 7) is 1.21. The van der Waals surface area contributed by atoms with Crippen molar-refractivity contribution in [1.82, 2.24) is 19.3 Å². The van der Waals surface area contributed by atoms with E-state index >= 15 is 0 Å². The van der Waals surface area contributed by atoms with E-state index in [1.165, 1.54) is 32.3 Å². The molecule has 28 heavy (non-hydrogen) atoms. The fourth-order valence-corrected chi connectivity index (χ4v) is 3.43. The summed E-state index contributed by atoms with van der Waals surface area (Å²) in [5.74, 6) is -0.768. The fraction of sp³-hybridized carbons (Fsp3) is 0.222. The van der Waals surface area contributed by atoms with Crippen molar-refractivity contribution in [2.45, 2.75) is 18.6 Å². The van der Waals surface area contributed by atoms with Crippen molar-refractivity contribution in [2.24, 2.45) is 0 Å². The van der Waals surface area contributed by atoms with Crippen molar-refractivity contribution in [3.63, 3.8) is 0 Å². The smallest absolute Gasteiger partial charge is 0.340 e. The summed E-state index contributed by atoms with van der Waals surface area (Å²) < 4.78 is 31.7. The molecule has 3 rings (SSSR count). The maximum Gasteiger partial charge on any atom is 0.340 e. The molecule has 9 nitrogen and oxygen atoms in total. The van der Waals surface area contributed by atoms with Crippen LogP contribution in [0.15, 0.2) is 52.2 Å². The van der Waals surface area contributed by atoms with Gasteiger partial charge in [0.05, 0.1) is 15.8 Å². The van der Waals surface area contributed by atoms with Gasteiger partial charge in [0.15, 0.2) is 6.73 Å². The first kappa shape index (κ1) is 19.6. The molecule has 0 N–H and O–H groups in total. The molecule has 2 aromatic carbocycles. The lowest BCUT2D eigenvalue weighted by Gasteiger charge is -2.13. The van der Waals surface area contributed by atoms with Gasteiger partial charge >= 0.3 is 5.97 Å². The molecule has 3 aromatic rings. The number of nitrogens with zero attached hydrogens (tertiary/aromatic N) is 4. The van der Waals surface area contributed by atoms with E-state index < -0.39 is 28.3 Å². The topological polar surface area (TPSA) is 111 Å². The highest BCUT2D eigenvalue weighted by molar-refractivity contribution is 7.89. The average Bonchev–Trinajstić information content (AvgIpc) is 2.67. The van der Waals surface area contributed by atoms with Crippen LogP contribution in [0.2, 0.25) is 0 Å². The highest BCUT2D eigenvalue weighted by Gasteiger charge is 2.21. The van der Waals surface area contributed by atoms with Crippen LogP contribution in [0.1, 0.15) is 15.9 Å². The third-order valence-electron chi connectivity index (χ3n) is 4.15. The van der Waals surface area contributed by atoms with E-state index in [4.69, 9.17) is 4.74 Å². The minimum atomic E-state index is -3.70. The van der Waals surface area contributed by atoms with Gasteiger partial charge in [-0.15, -0.1) is 5.10 Å². The number of hydrogen-bond acceptors (Lipinski definition) is 7. The summed E-state index contributed by atoms with van der Waals surface area (Å²) in [6, 6.07) is 10.9. The third-order valence-corrected chi connectivity index (χ3v) is 5.97. The second-order valence-electron chi connectivity index (χ2n) is 6.24. The van der Waals surface area contributed by atoms with Gasteiger partial charge in [-0.3, -0.25) is 4.79 Å². The number of hydrogen-bond donors (Lipinski definition) is 0. The number of carbonyl (C=O) groups excluding carboxylic acids is 1.